The van der Waals surface area contributed by atoms with Gasteiger partial charge in [-0.05, 0) is 55.4 Å². The van der Waals surface area contributed by atoms with Crippen LogP contribution < -0.4 is 14.2 Å². The van der Waals surface area contributed by atoms with Gasteiger partial charge in [-0.3, -0.25) is 4.79 Å². The number of rotatable bonds is 7. The van der Waals surface area contributed by atoms with Gasteiger partial charge in [-0.1, -0.05) is 0 Å². The molecule has 1 saturated heterocycles. The molecule has 172 valence electrons. The molecule has 1 aromatic carbocycles. The molecule has 1 aromatic heterocycles. The molecule has 2 aromatic rings. The summed E-state index contributed by atoms with van der Waals surface area (Å²) in [5, 5.41) is 0. The number of aromatic nitrogens is 1. The van der Waals surface area contributed by atoms with Crippen LogP contribution in [-0.2, 0) is 15.9 Å². The van der Waals surface area contributed by atoms with Crippen molar-refractivity contribution >= 4 is 11.8 Å². The van der Waals surface area contributed by atoms with E-state index in [-0.39, 0.29) is 24.4 Å². The number of benzene rings is 1. The molecule has 1 aliphatic carbocycles. The first-order chi connectivity index (χ1) is 15.5. The summed E-state index contributed by atoms with van der Waals surface area (Å²) < 4.78 is 27.3. The summed E-state index contributed by atoms with van der Waals surface area (Å²) in [5.41, 5.74) is 3.24. The molecule has 0 saturated carbocycles. The average molecular weight is 443 g/mol. The Morgan fingerprint density at radius 3 is 2.44 bits per heavy atom. The summed E-state index contributed by atoms with van der Waals surface area (Å²) in [6.45, 7) is 2.72. The van der Waals surface area contributed by atoms with E-state index < -0.39 is 5.97 Å². The SMILES string of the molecule is COc1cc([C@@H]2CC(=O)c3c([nH]c(C(=O)OC[C@H]4CCCO4)c3C)C2)cc(OC)c1OC. The number of H-pyrrole nitrogens is 1. The van der Waals surface area contributed by atoms with Gasteiger partial charge in [0, 0.05) is 24.3 Å². The molecule has 8 nitrogen and oxygen atoms in total. The third kappa shape index (κ3) is 4.07. The maximum absolute atomic E-state index is 13.0. The van der Waals surface area contributed by atoms with E-state index in [1.807, 2.05) is 12.1 Å². The highest BCUT2D eigenvalue weighted by Crippen LogP contribution is 2.43. The molecule has 0 radical (unpaired) electrons. The lowest BCUT2D eigenvalue weighted by Gasteiger charge is -2.24. The zero-order valence-corrected chi connectivity index (χ0v) is 18.9. The number of methoxy groups -OCH3 is 3. The van der Waals surface area contributed by atoms with Gasteiger partial charge in [0.2, 0.25) is 5.75 Å². The molecule has 0 bridgehead atoms. The predicted molar refractivity (Wildman–Crippen MR) is 116 cm³/mol. The zero-order chi connectivity index (χ0) is 22.8. The summed E-state index contributed by atoms with van der Waals surface area (Å²) >= 11 is 0. The van der Waals surface area contributed by atoms with Crippen LogP contribution in [0.5, 0.6) is 17.2 Å². The van der Waals surface area contributed by atoms with Crippen LogP contribution in [0.4, 0.5) is 0 Å². The second-order valence-corrected chi connectivity index (χ2v) is 8.20. The standard InChI is InChI=1S/C24H29NO7/c1-13-21-17(25-22(13)24(27)32-12-16-6-5-7-31-16)8-14(9-18(21)26)15-10-19(28-2)23(30-4)20(11-15)29-3/h10-11,14,16,25H,5-9,12H2,1-4H3/t14-,16+/m0/s1. The lowest BCUT2D eigenvalue weighted by Crippen LogP contribution is -2.19. The largest absolute Gasteiger partial charge is 0.493 e. The highest BCUT2D eigenvalue weighted by atomic mass is 16.6. The highest BCUT2D eigenvalue weighted by Gasteiger charge is 2.33. The fourth-order valence-electron chi connectivity index (χ4n) is 4.63. The van der Waals surface area contributed by atoms with E-state index in [4.69, 9.17) is 23.7 Å². The molecule has 8 heteroatoms. The fraction of sp³-hybridized carbons (Fsp3) is 0.500. The second-order valence-electron chi connectivity index (χ2n) is 8.20. The molecule has 32 heavy (non-hydrogen) atoms. The van der Waals surface area contributed by atoms with E-state index in [1.54, 1.807) is 28.3 Å². The van der Waals surface area contributed by atoms with Crippen molar-refractivity contribution in [2.45, 2.75) is 44.6 Å². The topological polar surface area (TPSA) is 96.1 Å². The van der Waals surface area contributed by atoms with E-state index in [2.05, 4.69) is 4.98 Å². The number of Topliss-reactive ketones (excluding diaryl/α,β-unsaturated/α-hetero) is 1. The zero-order valence-electron chi connectivity index (χ0n) is 18.9. The molecular formula is C24H29NO7. The van der Waals surface area contributed by atoms with E-state index in [0.717, 1.165) is 24.1 Å². The Bertz CT molecular complexity index is 995. The first kappa shape index (κ1) is 22.2. The molecule has 0 spiro atoms. The first-order valence-corrected chi connectivity index (χ1v) is 10.8. The van der Waals surface area contributed by atoms with Crippen LogP contribution in [0.2, 0.25) is 0 Å². The maximum Gasteiger partial charge on any atom is 0.355 e. The van der Waals surface area contributed by atoms with Crippen LogP contribution in [0.15, 0.2) is 12.1 Å². The molecule has 2 atom stereocenters. The Kier molecular flexibility index (Phi) is 6.41. The highest BCUT2D eigenvalue weighted by molar-refractivity contribution is 6.03. The number of hydrogen-bond acceptors (Lipinski definition) is 7. The molecule has 1 fully saturated rings. The Morgan fingerprint density at radius 1 is 1.12 bits per heavy atom. The minimum atomic E-state index is -0.454. The van der Waals surface area contributed by atoms with E-state index in [1.165, 1.54) is 0 Å². The van der Waals surface area contributed by atoms with E-state index in [0.29, 0.717) is 53.5 Å². The maximum atomic E-state index is 13.0. The number of ketones is 1. The number of fused-ring (bicyclic) bond motifs is 1. The molecule has 0 unspecified atom stereocenters. The van der Waals surface area contributed by atoms with Crippen molar-refractivity contribution < 1.29 is 33.3 Å². The van der Waals surface area contributed by atoms with Gasteiger partial charge in [-0.2, -0.15) is 0 Å². The summed E-state index contributed by atoms with van der Waals surface area (Å²) in [6, 6.07) is 3.74. The second kappa shape index (κ2) is 9.24. The minimum absolute atomic E-state index is 0.00284. The smallest absolute Gasteiger partial charge is 0.355 e. The first-order valence-electron chi connectivity index (χ1n) is 10.8. The Hall–Kier alpha value is -3.00. The van der Waals surface area contributed by atoms with Crippen LogP contribution in [-0.4, -0.2) is 57.4 Å². The van der Waals surface area contributed by atoms with Gasteiger partial charge in [0.05, 0.1) is 27.4 Å². The molecular weight excluding hydrogens is 414 g/mol. The van der Waals surface area contributed by atoms with Gasteiger partial charge in [-0.25, -0.2) is 4.79 Å². The number of ether oxygens (including phenoxy) is 5. The van der Waals surface area contributed by atoms with Crippen molar-refractivity contribution in [2.75, 3.05) is 34.5 Å². The van der Waals surface area contributed by atoms with Crippen molar-refractivity contribution in [2.24, 2.45) is 0 Å². The minimum Gasteiger partial charge on any atom is -0.493 e. The fourth-order valence-corrected chi connectivity index (χ4v) is 4.63. The number of carbonyl (C=O) groups excluding carboxylic acids is 2. The third-order valence-corrected chi connectivity index (χ3v) is 6.28. The molecule has 2 aliphatic rings. The van der Waals surface area contributed by atoms with E-state index >= 15 is 0 Å². The molecule has 0 amide bonds. The van der Waals surface area contributed by atoms with Crippen LogP contribution in [0, 0.1) is 6.92 Å². The van der Waals surface area contributed by atoms with Crippen LogP contribution in [0.1, 0.15) is 62.8 Å². The molecule has 1 N–H and O–H groups in total. The van der Waals surface area contributed by atoms with Gasteiger partial charge >= 0.3 is 5.97 Å². The number of carbonyl (C=O) groups is 2. The van der Waals surface area contributed by atoms with Crippen molar-refractivity contribution in [3.8, 4) is 17.2 Å². The number of hydrogen-bond donors (Lipinski definition) is 1. The van der Waals surface area contributed by atoms with Gasteiger partial charge in [0.15, 0.2) is 17.3 Å². The van der Waals surface area contributed by atoms with Gasteiger partial charge < -0.3 is 28.7 Å². The van der Waals surface area contributed by atoms with Gasteiger partial charge in [-0.15, -0.1) is 0 Å². The lowest BCUT2D eigenvalue weighted by atomic mass is 9.81. The average Bonchev–Trinajstić information content (AvgIpc) is 3.44. The third-order valence-electron chi connectivity index (χ3n) is 6.28. The lowest BCUT2D eigenvalue weighted by molar-refractivity contribution is 0.0156. The van der Waals surface area contributed by atoms with E-state index in [9.17, 15) is 9.59 Å². The Labute approximate surface area is 187 Å². The van der Waals surface area contributed by atoms with Crippen molar-refractivity contribution in [1.29, 1.82) is 0 Å². The Balaban J connectivity index is 1.58. The molecule has 1 aliphatic heterocycles. The summed E-state index contributed by atoms with van der Waals surface area (Å²) in [5.74, 6) is 1.05. The Morgan fingerprint density at radius 2 is 1.84 bits per heavy atom. The predicted octanol–water partition coefficient (Wildman–Crippen LogP) is 3.60. The van der Waals surface area contributed by atoms with Crippen LogP contribution in [0.3, 0.4) is 0 Å². The number of esters is 1. The van der Waals surface area contributed by atoms with Gasteiger partial charge in [0.1, 0.15) is 12.3 Å². The van der Waals surface area contributed by atoms with Crippen LogP contribution in [0.25, 0.3) is 0 Å². The molecule has 4 rings (SSSR count). The normalized spacial score (nSPS) is 20.1. The number of aromatic amines is 1. The summed E-state index contributed by atoms with van der Waals surface area (Å²) in [7, 11) is 4.68. The van der Waals surface area contributed by atoms with Gasteiger partial charge in [0.25, 0.3) is 0 Å². The van der Waals surface area contributed by atoms with Crippen molar-refractivity contribution in [3.05, 3.63) is 40.2 Å². The summed E-state index contributed by atoms with van der Waals surface area (Å²) in [6.07, 6.45) is 2.74. The van der Waals surface area contributed by atoms with Crippen molar-refractivity contribution in [3.63, 3.8) is 0 Å². The molecule has 2 heterocycles. The monoisotopic (exact) mass is 443 g/mol. The number of nitrogens with one attached hydrogen (secondary N) is 1. The quantitative estimate of drug-likeness (QED) is 0.653. The van der Waals surface area contributed by atoms with Crippen LogP contribution >= 0.6 is 0 Å². The summed E-state index contributed by atoms with van der Waals surface area (Å²) in [4.78, 5) is 28.9. The van der Waals surface area contributed by atoms with Crippen molar-refractivity contribution in [1.82, 2.24) is 4.98 Å².